The van der Waals surface area contributed by atoms with Gasteiger partial charge in [0.2, 0.25) is 0 Å². The molecule has 0 amide bonds. The largest absolute Gasteiger partial charge is 0.326 e. The van der Waals surface area contributed by atoms with E-state index in [0.29, 0.717) is 17.5 Å². The van der Waals surface area contributed by atoms with Crippen molar-refractivity contribution in [3.8, 4) is 0 Å². The fourth-order valence-corrected chi connectivity index (χ4v) is 3.90. The highest BCUT2D eigenvalue weighted by Gasteiger charge is 2.44. The molecular formula is C15H31N3. The van der Waals surface area contributed by atoms with Gasteiger partial charge >= 0.3 is 0 Å². The lowest BCUT2D eigenvalue weighted by molar-refractivity contribution is 0.168. The maximum Gasteiger partial charge on any atom is 0.0253 e. The van der Waals surface area contributed by atoms with E-state index in [1.165, 1.54) is 45.4 Å². The summed E-state index contributed by atoms with van der Waals surface area (Å²) in [6.07, 6.45) is 3.90. The van der Waals surface area contributed by atoms with Crippen molar-refractivity contribution in [2.45, 2.75) is 65.1 Å². The average molecular weight is 253 g/mol. The van der Waals surface area contributed by atoms with E-state index in [-0.39, 0.29) is 0 Å². The van der Waals surface area contributed by atoms with Gasteiger partial charge in [0, 0.05) is 31.2 Å². The summed E-state index contributed by atoms with van der Waals surface area (Å²) >= 11 is 0. The summed E-state index contributed by atoms with van der Waals surface area (Å²) in [5.41, 5.74) is 6.80. The predicted molar refractivity (Wildman–Crippen MR) is 77.7 cm³/mol. The zero-order valence-electron chi connectivity index (χ0n) is 12.7. The van der Waals surface area contributed by atoms with E-state index in [2.05, 4.69) is 37.5 Å². The minimum atomic E-state index is 0.331. The Kier molecular flexibility index (Phi) is 4.35. The number of nitrogens with zero attached hydrogens (tertiary/aromatic N) is 2. The Bertz CT molecular complexity index is 273. The van der Waals surface area contributed by atoms with Crippen LogP contribution in [-0.2, 0) is 0 Å². The predicted octanol–water partition coefficient (Wildman–Crippen LogP) is 1.92. The zero-order valence-corrected chi connectivity index (χ0v) is 12.7. The quantitative estimate of drug-likeness (QED) is 0.831. The summed E-state index contributed by atoms with van der Waals surface area (Å²) in [5, 5.41) is 0. The Balaban J connectivity index is 1.93. The molecule has 0 spiro atoms. The molecule has 0 aromatic carbocycles. The van der Waals surface area contributed by atoms with Crippen LogP contribution in [-0.4, -0.2) is 54.1 Å². The monoisotopic (exact) mass is 253 g/mol. The summed E-state index contributed by atoms with van der Waals surface area (Å²) in [7, 11) is 0. The summed E-state index contributed by atoms with van der Waals surface area (Å²) in [6, 6.07) is 1.74. The molecule has 3 unspecified atom stereocenters. The zero-order chi connectivity index (χ0) is 13.3. The number of nitrogens with two attached hydrogens (primary N) is 1. The summed E-state index contributed by atoms with van der Waals surface area (Å²) in [5.74, 6) is 0. The van der Waals surface area contributed by atoms with Gasteiger partial charge in [0.15, 0.2) is 0 Å². The molecule has 0 aromatic rings. The highest BCUT2D eigenvalue weighted by Crippen LogP contribution is 2.39. The molecule has 1 aliphatic heterocycles. The van der Waals surface area contributed by atoms with Gasteiger partial charge in [0.05, 0.1) is 0 Å². The fourth-order valence-electron chi connectivity index (χ4n) is 3.90. The van der Waals surface area contributed by atoms with Gasteiger partial charge in [0.1, 0.15) is 0 Å². The molecule has 2 aliphatic rings. The van der Waals surface area contributed by atoms with Crippen LogP contribution in [0, 0.1) is 5.41 Å². The standard InChI is InChI=1S/C15H31N3/c1-5-17(6-2)12-8-10-18(11-12)13-7-9-15(3,4)14(13)16/h12-14H,5-11,16H2,1-4H3. The number of rotatable bonds is 4. The van der Waals surface area contributed by atoms with Crippen LogP contribution in [0.25, 0.3) is 0 Å². The van der Waals surface area contributed by atoms with Gasteiger partial charge in [-0.15, -0.1) is 0 Å². The Morgan fingerprint density at radius 1 is 1.22 bits per heavy atom. The molecule has 18 heavy (non-hydrogen) atoms. The van der Waals surface area contributed by atoms with Gasteiger partial charge < -0.3 is 5.73 Å². The van der Waals surface area contributed by atoms with E-state index in [9.17, 15) is 0 Å². The summed E-state index contributed by atoms with van der Waals surface area (Å²) in [4.78, 5) is 5.27. The van der Waals surface area contributed by atoms with Crippen molar-refractivity contribution in [2.24, 2.45) is 11.1 Å². The fraction of sp³-hybridized carbons (Fsp3) is 1.00. The van der Waals surface area contributed by atoms with Crippen LogP contribution in [0.2, 0.25) is 0 Å². The van der Waals surface area contributed by atoms with Gasteiger partial charge in [-0.05, 0) is 37.8 Å². The molecule has 0 bridgehead atoms. The van der Waals surface area contributed by atoms with E-state index in [0.717, 1.165) is 6.04 Å². The molecule has 3 heteroatoms. The number of hydrogen-bond donors (Lipinski definition) is 1. The maximum atomic E-state index is 6.47. The lowest BCUT2D eigenvalue weighted by Gasteiger charge is -2.33. The Morgan fingerprint density at radius 2 is 1.89 bits per heavy atom. The minimum Gasteiger partial charge on any atom is -0.326 e. The Morgan fingerprint density at radius 3 is 2.39 bits per heavy atom. The molecule has 1 saturated heterocycles. The first-order chi connectivity index (χ1) is 8.49. The number of likely N-dealkylation sites (tertiary alicyclic amines) is 1. The molecule has 2 fully saturated rings. The molecule has 1 saturated carbocycles. The van der Waals surface area contributed by atoms with Crippen LogP contribution in [0.5, 0.6) is 0 Å². The second-order valence-electron chi connectivity index (χ2n) is 6.78. The molecule has 2 N–H and O–H groups in total. The Hall–Kier alpha value is -0.120. The van der Waals surface area contributed by atoms with Gasteiger partial charge in [-0.2, -0.15) is 0 Å². The van der Waals surface area contributed by atoms with Crippen molar-refractivity contribution in [3.05, 3.63) is 0 Å². The molecule has 3 atom stereocenters. The normalized spacial score (nSPS) is 36.7. The highest BCUT2D eigenvalue weighted by atomic mass is 15.3. The van der Waals surface area contributed by atoms with Crippen LogP contribution >= 0.6 is 0 Å². The van der Waals surface area contributed by atoms with Crippen molar-refractivity contribution in [3.63, 3.8) is 0 Å². The molecule has 1 heterocycles. The maximum absolute atomic E-state index is 6.47. The minimum absolute atomic E-state index is 0.331. The first-order valence-electron chi connectivity index (χ1n) is 7.73. The van der Waals surface area contributed by atoms with Crippen LogP contribution in [0.15, 0.2) is 0 Å². The second kappa shape index (κ2) is 5.48. The van der Waals surface area contributed by atoms with E-state index in [1.807, 2.05) is 0 Å². The van der Waals surface area contributed by atoms with Gasteiger partial charge in [0.25, 0.3) is 0 Å². The van der Waals surface area contributed by atoms with Crippen LogP contribution in [0.3, 0.4) is 0 Å². The average Bonchev–Trinajstić information content (AvgIpc) is 2.89. The highest BCUT2D eigenvalue weighted by molar-refractivity contribution is 5.01. The van der Waals surface area contributed by atoms with E-state index >= 15 is 0 Å². The van der Waals surface area contributed by atoms with Crippen molar-refractivity contribution in [1.29, 1.82) is 0 Å². The second-order valence-corrected chi connectivity index (χ2v) is 6.78. The van der Waals surface area contributed by atoms with Crippen molar-refractivity contribution < 1.29 is 0 Å². The van der Waals surface area contributed by atoms with E-state index in [4.69, 9.17) is 5.73 Å². The third-order valence-corrected chi connectivity index (χ3v) is 5.39. The number of likely N-dealkylation sites (N-methyl/N-ethyl adjacent to an activating group) is 1. The van der Waals surface area contributed by atoms with Gasteiger partial charge in [-0.3, -0.25) is 9.80 Å². The molecule has 3 nitrogen and oxygen atoms in total. The third kappa shape index (κ3) is 2.59. The molecule has 1 aliphatic carbocycles. The van der Waals surface area contributed by atoms with Crippen LogP contribution in [0.1, 0.15) is 47.0 Å². The first-order valence-corrected chi connectivity index (χ1v) is 7.73. The van der Waals surface area contributed by atoms with E-state index < -0.39 is 0 Å². The smallest absolute Gasteiger partial charge is 0.0253 e. The first kappa shape index (κ1) is 14.3. The lowest BCUT2D eigenvalue weighted by atomic mass is 9.87. The van der Waals surface area contributed by atoms with Crippen molar-refractivity contribution in [1.82, 2.24) is 9.80 Å². The molecule has 0 radical (unpaired) electrons. The van der Waals surface area contributed by atoms with Gasteiger partial charge in [-0.25, -0.2) is 0 Å². The topological polar surface area (TPSA) is 32.5 Å². The molecule has 2 rings (SSSR count). The van der Waals surface area contributed by atoms with E-state index in [1.54, 1.807) is 0 Å². The molecule has 0 aromatic heterocycles. The Labute approximate surface area is 113 Å². The lowest BCUT2D eigenvalue weighted by Crippen LogP contribution is -2.49. The van der Waals surface area contributed by atoms with Crippen molar-refractivity contribution in [2.75, 3.05) is 26.2 Å². The van der Waals surface area contributed by atoms with Crippen LogP contribution in [0.4, 0.5) is 0 Å². The van der Waals surface area contributed by atoms with Gasteiger partial charge in [-0.1, -0.05) is 27.7 Å². The van der Waals surface area contributed by atoms with Crippen molar-refractivity contribution >= 4 is 0 Å². The summed E-state index contributed by atoms with van der Waals surface area (Å²) < 4.78 is 0. The summed E-state index contributed by atoms with van der Waals surface area (Å²) in [6.45, 7) is 14.0. The third-order valence-electron chi connectivity index (χ3n) is 5.39. The SMILES string of the molecule is CCN(CC)C1CCN(C2CCC(C)(C)C2N)C1. The van der Waals surface area contributed by atoms with Crippen LogP contribution < -0.4 is 5.73 Å². The molecular weight excluding hydrogens is 222 g/mol. The number of hydrogen-bond acceptors (Lipinski definition) is 3. The molecule has 106 valence electrons.